The van der Waals surface area contributed by atoms with Gasteiger partial charge in [-0.2, -0.15) is 5.26 Å². The van der Waals surface area contributed by atoms with E-state index in [0.717, 1.165) is 31.7 Å². The molecule has 1 aliphatic rings. The van der Waals surface area contributed by atoms with Crippen LogP contribution >= 0.6 is 0 Å². The van der Waals surface area contributed by atoms with Crippen molar-refractivity contribution < 1.29 is 5.11 Å². The van der Waals surface area contributed by atoms with Gasteiger partial charge in [-0.05, 0) is 25.8 Å². The summed E-state index contributed by atoms with van der Waals surface area (Å²) in [5.41, 5.74) is -1.49. The lowest BCUT2D eigenvalue weighted by Crippen LogP contribution is -2.50. The predicted octanol–water partition coefficient (Wildman–Crippen LogP) is 4.11. The topological polar surface area (TPSA) is 44.0 Å². The highest BCUT2D eigenvalue weighted by molar-refractivity contribution is 6.76. The normalized spacial score (nSPS) is 23.6. The Morgan fingerprint density at radius 2 is 1.83 bits per heavy atom. The average molecular weight is 265 g/mol. The second kappa shape index (κ2) is 5.58. The average Bonchev–Trinajstić information content (AvgIpc) is 2.27. The summed E-state index contributed by atoms with van der Waals surface area (Å²) < 4.78 is 0. The third kappa shape index (κ3) is 3.24. The van der Waals surface area contributed by atoms with E-state index in [0.29, 0.717) is 0 Å². The highest BCUT2D eigenvalue weighted by Gasteiger charge is 2.51. The summed E-state index contributed by atoms with van der Waals surface area (Å²) in [5, 5.41) is 20.8. The standard InChI is InChI=1S/C15H27NOSi/c1-5-9-14(12-16,13-18(2,3)4)15(17)10-7-6-8-11-15/h5,9,17H,6-8,10-11,13H2,1-4H3/b9-5+. The van der Waals surface area contributed by atoms with Crippen molar-refractivity contribution in [2.75, 3.05) is 0 Å². The van der Waals surface area contributed by atoms with E-state index < -0.39 is 19.1 Å². The summed E-state index contributed by atoms with van der Waals surface area (Å²) >= 11 is 0. The monoisotopic (exact) mass is 265 g/mol. The SMILES string of the molecule is C/C=C/C(C#N)(C[Si](C)(C)C)C1(O)CCCCC1. The summed E-state index contributed by atoms with van der Waals surface area (Å²) in [6, 6.07) is 3.33. The molecule has 0 radical (unpaired) electrons. The maximum absolute atomic E-state index is 11.0. The maximum atomic E-state index is 11.0. The van der Waals surface area contributed by atoms with Gasteiger partial charge < -0.3 is 5.11 Å². The van der Waals surface area contributed by atoms with Crippen molar-refractivity contribution in [1.29, 1.82) is 5.26 Å². The van der Waals surface area contributed by atoms with Gasteiger partial charge >= 0.3 is 0 Å². The van der Waals surface area contributed by atoms with Gasteiger partial charge in [0.15, 0.2) is 0 Å². The molecule has 0 heterocycles. The second-order valence-electron chi connectivity index (χ2n) is 6.91. The van der Waals surface area contributed by atoms with E-state index >= 15 is 0 Å². The Morgan fingerprint density at radius 1 is 1.28 bits per heavy atom. The van der Waals surface area contributed by atoms with Crippen LogP contribution in [0.25, 0.3) is 0 Å². The number of hydrogen-bond donors (Lipinski definition) is 1. The number of hydrogen-bond acceptors (Lipinski definition) is 2. The molecule has 0 aromatic heterocycles. The Hall–Kier alpha value is -0.593. The third-order valence-electron chi connectivity index (χ3n) is 3.97. The molecule has 1 atom stereocenters. The van der Waals surface area contributed by atoms with Crippen LogP contribution in [0.1, 0.15) is 39.0 Å². The van der Waals surface area contributed by atoms with Gasteiger partial charge in [0.05, 0.1) is 11.7 Å². The molecule has 1 rings (SSSR count). The first-order chi connectivity index (χ1) is 8.29. The molecule has 18 heavy (non-hydrogen) atoms. The highest BCUT2D eigenvalue weighted by Crippen LogP contribution is 2.48. The molecule has 1 unspecified atom stereocenters. The van der Waals surface area contributed by atoms with Crippen LogP contribution < -0.4 is 0 Å². The highest BCUT2D eigenvalue weighted by atomic mass is 28.3. The summed E-state index contributed by atoms with van der Waals surface area (Å²) in [5.74, 6) is 0. The second-order valence-corrected chi connectivity index (χ2v) is 12.4. The molecule has 0 aromatic carbocycles. The molecule has 0 aliphatic heterocycles. The minimum atomic E-state index is -1.42. The molecule has 0 amide bonds. The zero-order valence-corrected chi connectivity index (χ0v) is 13.3. The van der Waals surface area contributed by atoms with Crippen molar-refractivity contribution in [2.24, 2.45) is 5.41 Å². The summed E-state index contributed by atoms with van der Waals surface area (Å²) in [4.78, 5) is 0. The number of aliphatic hydroxyl groups is 1. The Labute approximate surface area is 113 Å². The molecule has 2 nitrogen and oxygen atoms in total. The first-order valence-corrected chi connectivity index (χ1v) is 10.8. The van der Waals surface area contributed by atoms with Gasteiger partial charge in [-0.25, -0.2) is 0 Å². The Kier molecular flexibility index (Phi) is 4.80. The number of nitrogens with zero attached hydrogens (tertiary/aromatic N) is 1. The van der Waals surface area contributed by atoms with Gasteiger partial charge in [0.25, 0.3) is 0 Å². The molecule has 0 spiro atoms. The Bertz CT molecular complexity index is 344. The quantitative estimate of drug-likeness (QED) is 0.614. The summed E-state index contributed by atoms with van der Waals surface area (Å²) in [7, 11) is -1.42. The predicted molar refractivity (Wildman–Crippen MR) is 79.0 cm³/mol. The molecule has 1 saturated carbocycles. The fraction of sp³-hybridized carbons (Fsp3) is 0.800. The van der Waals surface area contributed by atoms with Gasteiger partial charge in [0.2, 0.25) is 0 Å². The first kappa shape index (κ1) is 15.5. The molecule has 3 heteroatoms. The first-order valence-electron chi connectivity index (χ1n) is 7.06. The van der Waals surface area contributed by atoms with E-state index in [-0.39, 0.29) is 0 Å². The molecule has 0 bridgehead atoms. The van der Waals surface area contributed by atoms with Gasteiger partial charge in [-0.15, -0.1) is 0 Å². The molecule has 1 fully saturated rings. The van der Waals surface area contributed by atoms with E-state index in [1.165, 1.54) is 6.42 Å². The van der Waals surface area contributed by atoms with E-state index in [9.17, 15) is 10.4 Å². The van der Waals surface area contributed by atoms with Crippen LogP contribution in [0.5, 0.6) is 0 Å². The minimum absolute atomic E-state index is 0.674. The molecule has 1 aliphatic carbocycles. The van der Waals surface area contributed by atoms with E-state index in [1.54, 1.807) is 0 Å². The van der Waals surface area contributed by atoms with Gasteiger partial charge in [-0.3, -0.25) is 0 Å². The zero-order chi connectivity index (χ0) is 13.9. The van der Waals surface area contributed by atoms with Crippen molar-refractivity contribution in [1.82, 2.24) is 0 Å². The van der Waals surface area contributed by atoms with E-state index in [1.807, 2.05) is 19.1 Å². The van der Waals surface area contributed by atoms with Crippen molar-refractivity contribution in [3.63, 3.8) is 0 Å². The van der Waals surface area contributed by atoms with Crippen molar-refractivity contribution in [2.45, 2.75) is 70.3 Å². The van der Waals surface area contributed by atoms with Crippen molar-refractivity contribution in [3.8, 4) is 6.07 Å². The molecule has 1 N–H and O–H groups in total. The van der Waals surface area contributed by atoms with Gasteiger partial charge in [0.1, 0.15) is 5.41 Å². The number of nitriles is 1. The van der Waals surface area contributed by atoms with E-state index in [2.05, 4.69) is 25.7 Å². The van der Waals surface area contributed by atoms with Crippen LogP contribution in [0.3, 0.4) is 0 Å². The molecular formula is C15H27NOSi. The van der Waals surface area contributed by atoms with Crippen LogP contribution in [0.2, 0.25) is 25.7 Å². The maximum Gasteiger partial charge on any atom is 0.102 e. The molecule has 0 saturated heterocycles. The minimum Gasteiger partial charge on any atom is -0.388 e. The van der Waals surface area contributed by atoms with Crippen molar-refractivity contribution >= 4 is 8.07 Å². The molecule has 0 aromatic rings. The summed E-state index contributed by atoms with van der Waals surface area (Å²) in [6.45, 7) is 8.76. The molecule has 102 valence electrons. The molecular weight excluding hydrogens is 238 g/mol. The largest absolute Gasteiger partial charge is 0.388 e. The number of allylic oxidation sites excluding steroid dienone is 1. The lowest BCUT2D eigenvalue weighted by Gasteiger charge is -2.46. The fourth-order valence-corrected chi connectivity index (χ4v) is 5.46. The number of rotatable bonds is 4. The lowest BCUT2D eigenvalue weighted by molar-refractivity contribution is -0.0555. The van der Waals surface area contributed by atoms with Crippen LogP contribution in [-0.2, 0) is 0 Å². The Balaban J connectivity index is 3.14. The van der Waals surface area contributed by atoms with Crippen LogP contribution in [0, 0.1) is 16.7 Å². The van der Waals surface area contributed by atoms with Crippen molar-refractivity contribution in [3.05, 3.63) is 12.2 Å². The third-order valence-corrected chi connectivity index (χ3v) is 5.59. The van der Waals surface area contributed by atoms with Gasteiger partial charge in [-0.1, -0.05) is 51.1 Å². The van der Waals surface area contributed by atoms with Gasteiger partial charge in [0, 0.05) is 8.07 Å². The Morgan fingerprint density at radius 3 is 2.22 bits per heavy atom. The zero-order valence-electron chi connectivity index (χ0n) is 12.3. The fourth-order valence-electron chi connectivity index (χ4n) is 3.26. The van der Waals surface area contributed by atoms with Crippen LogP contribution in [0.15, 0.2) is 12.2 Å². The summed E-state index contributed by atoms with van der Waals surface area (Å²) in [6.07, 6.45) is 8.73. The van der Waals surface area contributed by atoms with Crippen LogP contribution in [0.4, 0.5) is 0 Å². The van der Waals surface area contributed by atoms with E-state index in [4.69, 9.17) is 0 Å². The van der Waals surface area contributed by atoms with Crippen LogP contribution in [-0.4, -0.2) is 18.8 Å². The lowest BCUT2D eigenvalue weighted by atomic mass is 9.66. The smallest absolute Gasteiger partial charge is 0.102 e.